The van der Waals surface area contributed by atoms with Crippen LogP contribution >= 0.6 is 23.1 Å². The minimum Gasteiger partial charge on any atom is -0.356 e. The van der Waals surface area contributed by atoms with Crippen molar-refractivity contribution >= 4 is 39.2 Å². The number of hydrogen-bond acceptors (Lipinski definition) is 5. The summed E-state index contributed by atoms with van der Waals surface area (Å²) in [5.41, 5.74) is 2.43. The number of thioether (sulfide) groups is 1. The van der Waals surface area contributed by atoms with Gasteiger partial charge in [-0.1, -0.05) is 42.1 Å². The van der Waals surface area contributed by atoms with E-state index in [-0.39, 0.29) is 17.2 Å². The normalized spacial score (nSPS) is 13.0. The van der Waals surface area contributed by atoms with Crippen LogP contribution in [0.15, 0.2) is 40.3 Å². The quantitative estimate of drug-likeness (QED) is 0.476. The van der Waals surface area contributed by atoms with Crippen molar-refractivity contribution in [3.63, 3.8) is 0 Å². The Morgan fingerprint density at radius 1 is 1.29 bits per heavy atom. The summed E-state index contributed by atoms with van der Waals surface area (Å²) >= 11 is 2.99. The van der Waals surface area contributed by atoms with E-state index in [1.807, 2.05) is 25.1 Å². The second kappa shape index (κ2) is 8.49. The van der Waals surface area contributed by atoms with E-state index in [0.717, 1.165) is 35.9 Å². The SMILES string of the molecule is CCNC(=O)CSc1nc2sc3c(c2c(=O)n1CCc1ccccc1)CCC3. The second-order valence-electron chi connectivity index (χ2n) is 6.87. The van der Waals surface area contributed by atoms with Gasteiger partial charge < -0.3 is 5.32 Å². The molecule has 0 aliphatic heterocycles. The average Bonchev–Trinajstić information content (AvgIpc) is 3.27. The third-order valence-electron chi connectivity index (χ3n) is 4.96. The zero-order valence-electron chi connectivity index (χ0n) is 15.9. The van der Waals surface area contributed by atoms with Gasteiger partial charge in [-0.15, -0.1) is 11.3 Å². The number of thiophene rings is 1. The molecule has 0 radical (unpaired) electrons. The number of carbonyl (C=O) groups is 1. The summed E-state index contributed by atoms with van der Waals surface area (Å²) in [6.45, 7) is 3.06. The summed E-state index contributed by atoms with van der Waals surface area (Å²) in [4.78, 5) is 32.2. The van der Waals surface area contributed by atoms with Crippen LogP contribution in [0.2, 0.25) is 0 Å². The molecule has 5 nitrogen and oxygen atoms in total. The molecule has 0 saturated carbocycles. The van der Waals surface area contributed by atoms with Crippen molar-refractivity contribution in [2.24, 2.45) is 0 Å². The Morgan fingerprint density at radius 2 is 2.11 bits per heavy atom. The maximum atomic E-state index is 13.4. The molecule has 1 aromatic carbocycles. The van der Waals surface area contributed by atoms with Gasteiger partial charge in [0.1, 0.15) is 4.83 Å². The highest BCUT2D eigenvalue weighted by atomic mass is 32.2. The number of aromatic nitrogens is 2. The van der Waals surface area contributed by atoms with E-state index in [1.54, 1.807) is 15.9 Å². The standard InChI is InChI=1S/C21H23N3O2S2/c1-2-22-17(25)13-27-21-23-19-18(15-9-6-10-16(15)28-19)20(26)24(21)12-11-14-7-4-3-5-8-14/h3-5,7-8H,2,6,9-13H2,1H3,(H,22,25). The number of amides is 1. The lowest BCUT2D eigenvalue weighted by atomic mass is 10.1. The summed E-state index contributed by atoms with van der Waals surface area (Å²) in [5, 5.41) is 4.24. The summed E-state index contributed by atoms with van der Waals surface area (Å²) in [6.07, 6.45) is 3.89. The lowest BCUT2D eigenvalue weighted by Gasteiger charge is -2.12. The minimum atomic E-state index is -0.0369. The zero-order valence-corrected chi connectivity index (χ0v) is 17.5. The number of nitrogens with one attached hydrogen (secondary N) is 1. The third-order valence-corrected chi connectivity index (χ3v) is 7.13. The van der Waals surface area contributed by atoms with Gasteiger partial charge >= 0.3 is 0 Å². The van der Waals surface area contributed by atoms with Crippen LogP contribution < -0.4 is 10.9 Å². The maximum absolute atomic E-state index is 13.4. The van der Waals surface area contributed by atoms with Crippen LogP contribution in [0.3, 0.4) is 0 Å². The summed E-state index contributed by atoms with van der Waals surface area (Å²) in [6, 6.07) is 10.2. The molecule has 1 aliphatic carbocycles. The molecule has 0 saturated heterocycles. The fraction of sp³-hybridized carbons (Fsp3) is 0.381. The first-order chi connectivity index (χ1) is 13.7. The molecular weight excluding hydrogens is 390 g/mol. The number of benzene rings is 1. The summed E-state index contributed by atoms with van der Waals surface area (Å²) in [7, 11) is 0. The third kappa shape index (κ3) is 3.86. The van der Waals surface area contributed by atoms with Crippen molar-refractivity contribution in [3.8, 4) is 0 Å². The molecule has 0 atom stereocenters. The van der Waals surface area contributed by atoms with Gasteiger partial charge in [-0.05, 0) is 43.7 Å². The highest BCUT2D eigenvalue weighted by molar-refractivity contribution is 7.99. The molecule has 7 heteroatoms. The van der Waals surface area contributed by atoms with Crippen LogP contribution in [-0.2, 0) is 30.6 Å². The van der Waals surface area contributed by atoms with E-state index >= 15 is 0 Å². The van der Waals surface area contributed by atoms with Gasteiger partial charge in [0.2, 0.25) is 5.91 Å². The first-order valence-electron chi connectivity index (χ1n) is 9.66. The molecule has 2 heterocycles. The van der Waals surface area contributed by atoms with Crippen LogP contribution in [-0.4, -0.2) is 27.8 Å². The smallest absolute Gasteiger partial charge is 0.263 e. The van der Waals surface area contributed by atoms with Crippen LogP contribution in [0.25, 0.3) is 10.2 Å². The highest BCUT2D eigenvalue weighted by Crippen LogP contribution is 2.35. The molecule has 0 unspecified atom stereocenters. The lowest BCUT2D eigenvalue weighted by Crippen LogP contribution is -2.27. The Labute approximate surface area is 172 Å². The van der Waals surface area contributed by atoms with E-state index in [0.29, 0.717) is 18.2 Å². The number of nitrogens with zero attached hydrogens (tertiary/aromatic N) is 2. The van der Waals surface area contributed by atoms with Crippen LogP contribution in [0, 0.1) is 0 Å². The van der Waals surface area contributed by atoms with E-state index in [4.69, 9.17) is 4.98 Å². The van der Waals surface area contributed by atoms with Crippen molar-refractivity contribution in [3.05, 3.63) is 56.7 Å². The first-order valence-corrected chi connectivity index (χ1v) is 11.5. The molecule has 1 N–H and O–H groups in total. The minimum absolute atomic E-state index is 0.0369. The Kier molecular flexibility index (Phi) is 5.82. The van der Waals surface area contributed by atoms with Crippen molar-refractivity contribution < 1.29 is 4.79 Å². The van der Waals surface area contributed by atoms with E-state index in [1.165, 1.54) is 27.8 Å². The molecule has 1 amide bonds. The van der Waals surface area contributed by atoms with E-state index < -0.39 is 0 Å². The number of aryl methyl sites for hydroxylation is 3. The van der Waals surface area contributed by atoms with Gasteiger partial charge in [0.25, 0.3) is 5.56 Å². The van der Waals surface area contributed by atoms with Gasteiger partial charge in [-0.25, -0.2) is 4.98 Å². The molecular formula is C21H23N3O2S2. The van der Waals surface area contributed by atoms with Crippen LogP contribution in [0.5, 0.6) is 0 Å². The molecule has 0 bridgehead atoms. The van der Waals surface area contributed by atoms with E-state index in [2.05, 4.69) is 17.4 Å². The first kappa shape index (κ1) is 19.2. The molecule has 0 fully saturated rings. The van der Waals surface area contributed by atoms with Crippen LogP contribution in [0.4, 0.5) is 0 Å². The second-order valence-corrected chi connectivity index (χ2v) is 8.89. The molecule has 146 valence electrons. The van der Waals surface area contributed by atoms with Crippen LogP contribution in [0.1, 0.15) is 29.3 Å². The van der Waals surface area contributed by atoms with Gasteiger partial charge in [-0.3, -0.25) is 14.2 Å². The molecule has 4 rings (SSSR count). The number of fused-ring (bicyclic) bond motifs is 3. The van der Waals surface area contributed by atoms with Gasteiger partial charge in [0.15, 0.2) is 5.16 Å². The Hall–Kier alpha value is -2.12. The highest BCUT2D eigenvalue weighted by Gasteiger charge is 2.23. The van der Waals surface area contributed by atoms with Gasteiger partial charge in [0.05, 0.1) is 11.1 Å². The topological polar surface area (TPSA) is 64.0 Å². The maximum Gasteiger partial charge on any atom is 0.263 e. The Bertz CT molecular complexity index is 1060. The largest absolute Gasteiger partial charge is 0.356 e. The molecule has 0 spiro atoms. The average molecular weight is 414 g/mol. The predicted molar refractivity (Wildman–Crippen MR) is 115 cm³/mol. The van der Waals surface area contributed by atoms with Gasteiger partial charge in [0, 0.05) is 18.0 Å². The fourth-order valence-electron chi connectivity index (χ4n) is 3.63. The summed E-state index contributed by atoms with van der Waals surface area (Å²) < 4.78 is 1.77. The summed E-state index contributed by atoms with van der Waals surface area (Å²) in [5.74, 6) is 0.229. The Morgan fingerprint density at radius 3 is 2.89 bits per heavy atom. The number of hydrogen-bond donors (Lipinski definition) is 1. The number of rotatable bonds is 7. The molecule has 3 aromatic rings. The Balaban J connectivity index is 1.70. The van der Waals surface area contributed by atoms with Crippen molar-refractivity contribution in [2.45, 2.75) is 44.3 Å². The number of carbonyl (C=O) groups excluding carboxylic acids is 1. The lowest BCUT2D eigenvalue weighted by molar-refractivity contribution is -0.118. The molecule has 1 aliphatic rings. The monoisotopic (exact) mass is 413 g/mol. The van der Waals surface area contributed by atoms with Crippen molar-refractivity contribution in [1.82, 2.24) is 14.9 Å². The van der Waals surface area contributed by atoms with Crippen molar-refractivity contribution in [1.29, 1.82) is 0 Å². The van der Waals surface area contributed by atoms with Crippen molar-refractivity contribution in [2.75, 3.05) is 12.3 Å². The van der Waals surface area contributed by atoms with Gasteiger partial charge in [-0.2, -0.15) is 0 Å². The fourth-order valence-corrected chi connectivity index (χ4v) is 5.79. The van der Waals surface area contributed by atoms with E-state index in [9.17, 15) is 9.59 Å². The molecule has 28 heavy (non-hydrogen) atoms. The zero-order chi connectivity index (χ0) is 19.5. The predicted octanol–water partition coefficient (Wildman–Crippen LogP) is 3.42. The molecule has 2 aromatic heterocycles.